The van der Waals surface area contributed by atoms with Crippen molar-refractivity contribution in [3.8, 4) is 0 Å². The quantitative estimate of drug-likeness (QED) is 0.155. The Hall–Kier alpha value is -0.960. The second kappa shape index (κ2) is 5.77. The summed E-state index contributed by atoms with van der Waals surface area (Å²) in [4.78, 5) is 0. The van der Waals surface area contributed by atoms with E-state index in [1.54, 1.807) is 0 Å². The van der Waals surface area contributed by atoms with E-state index < -0.39 is 0 Å². The van der Waals surface area contributed by atoms with E-state index in [9.17, 15) is 0 Å². The minimum Gasteiger partial charge on any atom is -0.134 e. The molecule has 0 fully saturated rings. The Morgan fingerprint density at radius 2 is 1.04 bits per heavy atom. The van der Waals surface area contributed by atoms with Gasteiger partial charge in [0.2, 0.25) is 0 Å². The molecule has 0 nitrogen and oxygen atoms in total. The van der Waals surface area contributed by atoms with E-state index in [4.69, 9.17) is 0 Å². The molecule has 124 valence electrons. The lowest BCUT2D eigenvalue weighted by molar-refractivity contribution is 1.83. The molecule has 0 atom stereocenters. The second-order valence-electron chi connectivity index (χ2n) is 6.42. The van der Waals surface area contributed by atoms with Gasteiger partial charge in [-0.05, 0) is 74.8 Å². The van der Waals surface area contributed by atoms with Crippen molar-refractivity contribution in [2.45, 2.75) is 0 Å². The zero-order valence-electron chi connectivity index (χ0n) is 13.3. The molecule has 4 heteroatoms. The molecule has 2 aromatic heterocycles. The summed E-state index contributed by atoms with van der Waals surface area (Å²) < 4.78 is 8.27. The summed E-state index contributed by atoms with van der Waals surface area (Å²) >= 11 is 8.84. The summed E-state index contributed by atoms with van der Waals surface area (Å²) in [5.74, 6) is 0. The summed E-state index contributed by atoms with van der Waals surface area (Å²) in [5.41, 5.74) is 0. The zero-order valence-corrected chi connectivity index (χ0v) is 19.3. The first kappa shape index (κ1) is 16.0. The largest absolute Gasteiger partial charge is 0.134 e. The number of fused-ring (bicyclic) bond motifs is 9. The Kier molecular flexibility index (Phi) is 3.56. The van der Waals surface area contributed by atoms with Gasteiger partial charge in [-0.1, -0.05) is 36.4 Å². The van der Waals surface area contributed by atoms with E-state index in [0.717, 1.165) is 0 Å². The maximum atomic E-state index is 2.50. The van der Waals surface area contributed by atoms with Crippen LogP contribution in [-0.2, 0) is 0 Å². The van der Waals surface area contributed by atoms with Crippen LogP contribution in [-0.4, -0.2) is 0 Å². The van der Waals surface area contributed by atoms with Gasteiger partial charge < -0.3 is 0 Å². The maximum Gasteiger partial charge on any atom is 0.0495 e. The molecule has 0 aliphatic heterocycles. The molecule has 26 heavy (non-hydrogen) atoms. The van der Waals surface area contributed by atoms with Crippen LogP contribution >= 0.6 is 67.9 Å². The second-order valence-corrected chi connectivity index (χ2v) is 10.8. The van der Waals surface area contributed by atoms with Crippen LogP contribution in [0.1, 0.15) is 0 Å². The van der Waals surface area contributed by atoms with Gasteiger partial charge in [-0.2, -0.15) is 0 Å². The van der Waals surface area contributed by atoms with E-state index in [1.165, 1.54) is 58.3 Å². The fourth-order valence-corrected chi connectivity index (χ4v) is 8.03. The minimum absolute atomic E-state index is 1.35. The number of rotatable bonds is 0. The minimum atomic E-state index is 1.35. The molecule has 6 aromatic rings. The molecule has 4 aromatic carbocycles. The Labute approximate surface area is 185 Å². The topological polar surface area (TPSA) is 0 Å². The highest BCUT2D eigenvalue weighted by Gasteiger charge is 2.18. The average molecular weight is 592 g/mol. The van der Waals surface area contributed by atoms with Gasteiger partial charge in [0, 0.05) is 52.9 Å². The molecule has 0 unspecified atom stereocenters. The van der Waals surface area contributed by atoms with Crippen LogP contribution in [0.25, 0.3) is 51.1 Å². The molecule has 0 radical (unpaired) electrons. The van der Waals surface area contributed by atoms with Gasteiger partial charge >= 0.3 is 0 Å². The van der Waals surface area contributed by atoms with Crippen LogP contribution < -0.4 is 0 Å². The standard InChI is InChI=1S/C22H10I2S2/c23-14-9-11-10-15(24)22-20(13-6-2-4-8-17(13)26-22)18(11)19-12-5-1-3-7-16(12)25-21(14)19/h1-10H. The molecule has 6 rings (SSSR count). The molecule has 0 saturated heterocycles. The van der Waals surface area contributed by atoms with Crippen molar-refractivity contribution < 1.29 is 0 Å². The molecule has 0 bridgehead atoms. The van der Waals surface area contributed by atoms with Gasteiger partial charge in [0.05, 0.1) is 0 Å². The molecule has 0 spiro atoms. The smallest absolute Gasteiger partial charge is 0.0495 e. The van der Waals surface area contributed by atoms with Crippen LogP contribution in [0.15, 0.2) is 60.7 Å². The molecule has 0 aliphatic carbocycles. The first-order chi connectivity index (χ1) is 12.7. The van der Waals surface area contributed by atoms with Crippen molar-refractivity contribution in [1.82, 2.24) is 0 Å². The number of hydrogen-bond donors (Lipinski definition) is 0. The Morgan fingerprint density at radius 1 is 0.577 bits per heavy atom. The van der Waals surface area contributed by atoms with Crippen molar-refractivity contribution in [1.29, 1.82) is 0 Å². The molecule has 0 N–H and O–H groups in total. The van der Waals surface area contributed by atoms with Crippen LogP contribution in [0.4, 0.5) is 0 Å². The first-order valence-electron chi connectivity index (χ1n) is 8.25. The molecule has 2 heterocycles. The predicted octanol–water partition coefficient (Wildman–Crippen LogP) is 8.78. The van der Waals surface area contributed by atoms with Crippen molar-refractivity contribution in [3.63, 3.8) is 0 Å². The van der Waals surface area contributed by atoms with Crippen LogP contribution in [0.5, 0.6) is 0 Å². The Bertz CT molecular complexity index is 1390. The van der Waals surface area contributed by atoms with Crippen molar-refractivity contribution >= 4 is 119 Å². The van der Waals surface area contributed by atoms with E-state index in [2.05, 4.69) is 106 Å². The monoisotopic (exact) mass is 592 g/mol. The first-order valence-corrected chi connectivity index (χ1v) is 12.0. The summed E-state index contributed by atoms with van der Waals surface area (Å²) in [6.45, 7) is 0. The van der Waals surface area contributed by atoms with E-state index >= 15 is 0 Å². The summed E-state index contributed by atoms with van der Waals surface area (Å²) in [5, 5.41) is 8.40. The van der Waals surface area contributed by atoms with E-state index in [0.29, 0.717) is 0 Å². The van der Waals surface area contributed by atoms with Gasteiger partial charge in [0.15, 0.2) is 0 Å². The fraction of sp³-hybridized carbons (Fsp3) is 0. The van der Waals surface area contributed by atoms with Crippen molar-refractivity contribution in [2.24, 2.45) is 0 Å². The highest BCUT2D eigenvalue weighted by molar-refractivity contribution is 14.1. The molecular formula is C22H10I2S2. The van der Waals surface area contributed by atoms with Crippen molar-refractivity contribution in [3.05, 3.63) is 67.8 Å². The van der Waals surface area contributed by atoms with Gasteiger partial charge in [-0.3, -0.25) is 0 Å². The highest BCUT2D eigenvalue weighted by atomic mass is 127. The number of benzene rings is 4. The van der Waals surface area contributed by atoms with E-state index in [-0.39, 0.29) is 0 Å². The third-order valence-corrected chi connectivity index (χ3v) is 9.82. The number of halogens is 2. The lowest BCUT2D eigenvalue weighted by Gasteiger charge is -2.07. The van der Waals surface area contributed by atoms with Crippen LogP contribution in [0, 0.1) is 7.14 Å². The third kappa shape index (κ3) is 2.10. The Balaban J connectivity index is 2.05. The van der Waals surface area contributed by atoms with E-state index in [1.807, 2.05) is 22.7 Å². The zero-order chi connectivity index (χ0) is 17.4. The summed E-state index contributed by atoms with van der Waals surface area (Å²) in [6, 6.07) is 22.4. The third-order valence-electron chi connectivity index (χ3n) is 4.98. The normalized spacial score (nSPS) is 12.2. The van der Waals surface area contributed by atoms with Crippen LogP contribution in [0.2, 0.25) is 0 Å². The van der Waals surface area contributed by atoms with Gasteiger partial charge in [0.25, 0.3) is 0 Å². The highest BCUT2D eigenvalue weighted by Crippen LogP contribution is 2.47. The predicted molar refractivity (Wildman–Crippen MR) is 135 cm³/mol. The fourth-order valence-electron chi connectivity index (χ4n) is 3.93. The summed E-state index contributed by atoms with van der Waals surface area (Å²) in [6.07, 6.45) is 0. The Morgan fingerprint density at radius 3 is 1.54 bits per heavy atom. The maximum absolute atomic E-state index is 2.50. The number of thiophene rings is 2. The van der Waals surface area contributed by atoms with Gasteiger partial charge in [-0.25, -0.2) is 0 Å². The SMILES string of the molecule is Ic1cc2cc(I)c3sc4ccccc4c3c2c2c1sc1ccccc12. The molecular weight excluding hydrogens is 582 g/mol. The molecule has 0 saturated carbocycles. The van der Waals surface area contributed by atoms with Crippen LogP contribution in [0.3, 0.4) is 0 Å². The summed E-state index contributed by atoms with van der Waals surface area (Å²) in [7, 11) is 0. The average Bonchev–Trinajstić information content (AvgIpc) is 3.22. The van der Waals surface area contributed by atoms with Gasteiger partial charge in [-0.15, -0.1) is 22.7 Å². The molecule has 0 aliphatic rings. The lowest BCUT2D eigenvalue weighted by Crippen LogP contribution is -1.82. The van der Waals surface area contributed by atoms with Gasteiger partial charge in [0.1, 0.15) is 0 Å². The van der Waals surface area contributed by atoms with Crippen molar-refractivity contribution in [2.75, 3.05) is 0 Å². The lowest BCUT2D eigenvalue weighted by atomic mass is 9.99. The molecule has 0 amide bonds. The number of hydrogen-bond acceptors (Lipinski definition) is 2.